The van der Waals surface area contributed by atoms with Gasteiger partial charge in [-0.1, -0.05) is 47.5 Å². The molecular weight excluding hydrogens is 493 g/mol. The lowest BCUT2D eigenvalue weighted by molar-refractivity contribution is -0.158. The Morgan fingerprint density at radius 3 is 2.00 bits per heavy atom. The summed E-state index contributed by atoms with van der Waals surface area (Å²) in [5.74, 6) is 2.38. The average Bonchev–Trinajstić information content (AvgIpc) is 2.58. The smallest absolute Gasteiger partial charge is 0.337 e. The molecule has 1 rings (SSSR count). The summed E-state index contributed by atoms with van der Waals surface area (Å²) < 4.78 is 0.917. The van der Waals surface area contributed by atoms with E-state index in [2.05, 4.69) is 81.1 Å². The zero-order chi connectivity index (χ0) is 22.6. The standard InChI is InChI=1S/C23H34INO3Si/c1-15(2)29(16(3)4,17(5)6)13-12-18-10-11-19(24)14-20(18)21(26)25-28-22(27)23(7,8)9/h10-11,14-17H,1-9H3,(H,25,26). The van der Waals surface area contributed by atoms with E-state index in [1.54, 1.807) is 26.8 Å². The van der Waals surface area contributed by atoms with Crippen LogP contribution in [0.15, 0.2) is 18.2 Å². The lowest BCUT2D eigenvalue weighted by Gasteiger charge is -2.38. The zero-order valence-corrected chi connectivity index (χ0v) is 22.2. The maximum absolute atomic E-state index is 12.7. The van der Waals surface area contributed by atoms with E-state index in [0.29, 0.717) is 27.8 Å². The lowest BCUT2D eigenvalue weighted by atomic mass is 9.98. The monoisotopic (exact) mass is 527 g/mol. The Bertz CT molecular complexity index is 792. The van der Waals surface area contributed by atoms with Crippen LogP contribution in [-0.2, 0) is 9.63 Å². The Morgan fingerprint density at radius 2 is 1.55 bits per heavy atom. The van der Waals surface area contributed by atoms with Gasteiger partial charge in [-0.15, -0.1) is 5.54 Å². The Labute approximate surface area is 190 Å². The number of halogens is 1. The van der Waals surface area contributed by atoms with Gasteiger partial charge >= 0.3 is 5.97 Å². The summed E-state index contributed by atoms with van der Waals surface area (Å²) in [4.78, 5) is 29.7. The van der Waals surface area contributed by atoms with Gasteiger partial charge in [0.1, 0.15) is 8.07 Å². The maximum atomic E-state index is 12.7. The second kappa shape index (κ2) is 10.1. The maximum Gasteiger partial charge on any atom is 0.337 e. The summed E-state index contributed by atoms with van der Waals surface area (Å²) in [6, 6.07) is 5.58. The van der Waals surface area contributed by atoms with E-state index in [1.807, 2.05) is 12.1 Å². The van der Waals surface area contributed by atoms with E-state index in [9.17, 15) is 9.59 Å². The van der Waals surface area contributed by atoms with E-state index in [1.165, 1.54) is 0 Å². The summed E-state index contributed by atoms with van der Waals surface area (Å²) in [5.41, 5.74) is 7.84. The fraction of sp³-hybridized carbons (Fsp3) is 0.565. The number of hydrogen-bond acceptors (Lipinski definition) is 3. The van der Waals surface area contributed by atoms with Crippen LogP contribution in [0.5, 0.6) is 0 Å². The van der Waals surface area contributed by atoms with Gasteiger partial charge in [-0.2, -0.15) is 5.48 Å². The first-order valence-electron chi connectivity index (χ1n) is 10.1. The van der Waals surface area contributed by atoms with Gasteiger partial charge in [-0.25, -0.2) is 4.79 Å². The second-order valence-electron chi connectivity index (χ2n) is 9.41. The molecule has 0 saturated heterocycles. The zero-order valence-electron chi connectivity index (χ0n) is 19.1. The molecule has 0 unspecified atom stereocenters. The molecule has 1 aromatic rings. The second-order valence-corrected chi connectivity index (χ2v) is 16.2. The molecule has 0 aliphatic rings. The molecule has 1 amide bonds. The van der Waals surface area contributed by atoms with Crippen LogP contribution in [0.1, 0.15) is 78.2 Å². The Kier molecular flexibility index (Phi) is 8.97. The highest BCUT2D eigenvalue weighted by Gasteiger charge is 2.41. The molecule has 6 heteroatoms. The van der Waals surface area contributed by atoms with Crippen molar-refractivity contribution in [2.45, 2.75) is 78.9 Å². The van der Waals surface area contributed by atoms with Crippen LogP contribution in [0.25, 0.3) is 0 Å². The van der Waals surface area contributed by atoms with Crippen LogP contribution in [-0.4, -0.2) is 20.0 Å². The third-order valence-electron chi connectivity index (χ3n) is 5.35. The van der Waals surface area contributed by atoms with Crippen molar-refractivity contribution >= 4 is 42.5 Å². The van der Waals surface area contributed by atoms with Crippen molar-refractivity contribution in [1.29, 1.82) is 0 Å². The number of nitrogens with one attached hydrogen (secondary N) is 1. The summed E-state index contributed by atoms with van der Waals surface area (Å²) in [7, 11) is -1.92. The Balaban J connectivity index is 3.32. The number of rotatable bonds is 4. The first kappa shape index (κ1) is 25.7. The quantitative estimate of drug-likeness (QED) is 0.223. The minimum atomic E-state index is -1.92. The molecule has 0 saturated carbocycles. The van der Waals surface area contributed by atoms with Crippen molar-refractivity contribution < 1.29 is 14.4 Å². The fourth-order valence-electron chi connectivity index (χ4n) is 3.72. The third-order valence-corrected chi connectivity index (χ3v) is 12.3. The molecule has 0 fully saturated rings. The van der Waals surface area contributed by atoms with Crippen LogP contribution >= 0.6 is 22.6 Å². The first-order chi connectivity index (χ1) is 13.2. The summed E-state index contributed by atoms with van der Waals surface area (Å²) >= 11 is 2.16. The summed E-state index contributed by atoms with van der Waals surface area (Å²) in [6.07, 6.45) is 0. The van der Waals surface area contributed by atoms with Crippen molar-refractivity contribution in [1.82, 2.24) is 5.48 Å². The van der Waals surface area contributed by atoms with Crippen LogP contribution in [0, 0.1) is 20.4 Å². The van der Waals surface area contributed by atoms with Crippen LogP contribution in [0.2, 0.25) is 16.6 Å². The molecule has 1 N–H and O–H groups in total. The third kappa shape index (κ3) is 6.32. The normalized spacial score (nSPS) is 12.0. The molecule has 1 aromatic carbocycles. The van der Waals surface area contributed by atoms with E-state index < -0.39 is 25.4 Å². The molecule has 0 spiro atoms. The van der Waals surface area contributed by atoms with Gasteiger partial charge in [0.25, 0.3) is 5.91 Å². The predicted octanol–water partition coefficient (Wildman–Crippen LogP) is 6.09. The van der Waals surface area contributed by atoms with E-state index in [4.69, 9.17) is 4.84 Å². The van der Waals surface area contributed by atoms with Crippen molar-refractivity contribution in [2.24, 2.45) is 5.41 Å². The van der Waals surface area contributed by atoms with Crippen molar-refractivity contribution in [3.05, 3.63) is 32.9 Å². The number of carbonyl (C=O) groups is 2. The molecular formula is C23H34INO3Si. The number of carbonyl (C=O) groups excluding carboxylic acids is 2. The number of hydroxylamine groups is 1. The van der Waals surface area contributed by atoms with Gasteiger partial charge in [0, 0.05) is 9.13 Å². The first-order valence-corrected chi connectivity index (χ1v) is 13.4. The molecule has 0 aromatic heterocycles. The number of amides is 1. The number of benzene rings is 1. The topological polar surface area (TPSA) is 55.4 Å². The minimum absolute atomic E-state index is 0.422. The predicted molar refractivity (Wildman–Crippen MR) is 130 cm³/mol. The molecule has 0 aliphatic heterocycles. The molecule has 0 atom stereocenters. The van der Waals surface area contributed by atoms with Crippen LogP contribution in [0.4, 0.5) is 0 Å². The highest BCUT2D eigenvalue weighted by molar-refractivity contribution is 14.1. The van der Waals surface area contributed by atoms with E-state index in [-0.39, 0.29) is 0 Å². The summed E-state index contributed by atoms with van der Waals surface area (Å²) in [5, 5.41) is 0. The highest BCUT2D eigenvalue weighted by Crippen LogP contribution is 2.40. The highest BCUT2D eigenvalue weighted by atomic mass is 127. The van der Waals surface area contributed by atoms with Gasteiger partial charge in [-0.05, 0) is 78.2 Å². The van der Waals surface area contributed by atoms with Gasteiger partial charge in [-0.3, -0.25) is 4.79 Å². The number of hydrogen-bond donors (Lipinski definition) is 1. The molecule has 4 nitrogen and oxygen atoms in total. The van der Waals surface area contributed by atoms with Gasteiger partial charge in [0.2, 0.25) is 0 Å². The van der Waals surface area contributed by atoms with Gasteiger partial charge in [0.15, 0.2) is 0 Å². The minimum Gasteiger partial charge on any atom is -0.340 e. The SMILES string of the molecule is CC(C)[Si](C#Cc1ccc(I)cc1C(=O)NOC(=O)C(C)(C)C)(C(C)C)C(C)C. The van der Waals surface area contributed by atoms with Crippen molar-refractivity contribution in [3.8, 4) is 11.5 Å². The largest absolute Gasteiger partial charge is 0.340 e. The van der Waals surface area contributed by atoms with Gasteiger partial charge in [0.05, 0.1) is 11.0 Å². The molecule has 0 aliphatic carbocycles. The average molecular weight is 528 g/mol. The molecule has 160 valence electrons. The van der Waals surface area contributed by atoms with Crippen LogP contribution in [0.3, 0.4) is 0 Å². The summed E-state index contributed by atoms with van der Waals surface area (Å²) in [6.45, 7) is 18.8. The lowest BCUT2D eigenvalue weighted by Crippen LogP contribution is -2.43. The van der Waals surface area contributed by atoms with Gasteiger partial charge < -0.3 is 4.84 Å². The van der Waals surface area contributed by atoms with E-state index >= 15 is 0 Å². The fourth-order valence-corrected chi connectivity index (χ4v) is 9.43. The Morgan fingerprint density at radius 1 is 1.03 bits per heavy atom. The molecule has 0 radical (unpaired) electrons. The molecule has 29 heavy (non-hydrogen) atoms. The van der Waals surface area contributed by atoms with E-state index in [0.717, 1.165) is 3.57 Å². The Hall–Kier alpha value is -1.33. The van der Waals surface area contributed by atoms with Crippen molar-refractivity contribution in [2.75, 3.05) is 0 Å². The van der Waals surface area contributed by atoms with Crippen molar-refractivity contribution in [3.63, 3.8) is 0 Å². The van der Waals surface area contributed by atoms with Crippen LogP contribution < -0.4 is 5.48 Å². The molecule has 0 bridgehead atoms. The molecule has 0 heterocycles.